The summed E-state index contributed by atoms with van der Waals surface area (Å²) in [6.07, 6.45) is 4.48. The van der Waals surface area contributed by atoms with Crippen molar-refractivity contribution in [2.45, 2.75) is 23.1 Å². The van der Waals surface area contributed by atoms with E-state index < -0.39 is 0 Å². The first-order valence-electron chi connectivity index (χ1n) is 16.0. The van der Waals surface area contributed by atoms with Crippen LogP contribution in [0.2, 0.25) is 0 Å². The number of benzene rings is 7. The molecule has 1 heterocycles. The molecule has 2 nitrogen and oxygen atoms in total. The Morgan fingerprint density at radius 2 is 1.24 bits per heavy atom. The van der Waals surface area contributed by atoms with Crippen molar-refractivity contribution >= 4 is 67.7 Å². The molecular weight excluding hydrogens is 577 g/mol. The van der Waals surface area contributed by atoms with Gasteiger partial charge in [0.05, 0.1) is 5.69 Å². The van der Waals surface area contributed by atoms with E-state index in [9.17, 15) is 0 Å². The molecule has 0 radical (unpaired) electrons. The van der Waals surface area contributed by atoms with Crippen molar-refractivity contribution < 1.29 is 0 Å². The maximum absolute atomic E-state index is 3.88. The predicted molar refractivity (Wildman–Crippen MR) is 197 cm³/mol. The van der Waals surface area contributed by atoms with Gasteiger partial charge in [0.25, 0.3) is 0 Å². The first-order chi connectivity index (χ1) is 22.8. The van der Waals surface area contributed by atoms with Crippen molar-refractivity contribution in [2.24, 2.45) is 0 Å². The minimum atomic E-state index is 0.246. The molecule has 3 heteroatoms. The highest BCUT2D eigenvalue weighted by Gasteiger charge is 2.27. The molecule has 1 aliphatic carbocycles. The van der Waals surface area contributed by atoms with E-state index in [0.29, 0.717) is 0 Å². The van der Waals surface area contributed by atoms with Crippen LogP contribution in [0.4, 0.5) is 22.7 Å². The molecule has 0 bridgehead atoms. The summed E-state index contributed by atoms with van der Waals surface area (Å²) in [5, 5.41) is 9.32. The molecule has 0 saturated heterocycles. The molecule has 1 N–H and O–H groups in total. The lowest BCUT2D eigenvalue weighted by atomic mass is 9.85. The fourth-order valence-electron chi connectivity index (χ4n) is 7.11. The van der Waals surface area contributed by atoms with Crippen molar-refractivity contribution in [1.29, 1.82) is 0 Å². The number of hydrogen-bond donors (Lipinski definition) is 1. The molecule has 7 aromatic rings. The number of aryl methyl sites for hydroxylation is 1. The topological polar surface area (TPSA) is 15.3 Å². The van der Waals surface area contributed by atoms with Gasteiger partial charge in [-0.2, -0.15) is 0 Å². The molecule has 0 fully saturated rings. The van der Waals surface area contributed by atoms with Crippen LogP contribution in [0.5, 0.6) is 0 Å². The van der Waals surface area contributed by atoms with Gasteiger partial charge in [-0.15, -0.1) is 0 Å². The van der Waals surface area contributed by atoms with Gasteiger partial charge < -0.3 is 10.2 Å². The SMILES string of the molecule is C1=C(c2ccc(N(c3ccccc3)c3ccc4ccccc4c3)cc2)CCc2c1ccc1ccc3c(c21)NC(c1ccccc1)S3. The fraction of sp³-hybridized carbons (Fsp3) is 0.0698. The molecule has 1 unspecified atom stereocenters. The lowest BCUT2D eigenvalue weighted by Gasteiger charge is -2.26. The lowest BCUT2D eigenvalue weighted by molar-refractivity contribution is 1.01. The Morgan fingerprint density at radius 1 is 0.565 bits per heavy atom. The number of anilines is 4. The van der Waals surface area contributed by atoms with Crippen molar-refractivity contribution in [3.05, 3.63) is 174 Å². The summed E-state index contributed by atoms with van der Waals surface area (Å²) in [7, 11) is 0. The van der Waals surface area contributed by atoms with Gasteiger partial charge in [-0.1, -0.05) is 127 Å². The van der Waals surface area contributed by atoms with Gasteiger partial charge in [-0.05, 0) is 99.3 Å². The molecule has 9 rings (SSSR count). The molecule has 1 atom stereocenters. The van der Waals surface area contributed by atoms with Crippen LogP contribution in [0.1, 0.15) is 34.0 Å². The molecule has 0 aromatic heterocycles. The Labute approximate surface area is 274 Å². The number of hydrogen-bond acceptors (Lipinski definition) is 3. The monoisotopic (exact) mass is 608 g/mol. The van der Waals surface area contributed by atoms with Crippen molar-refractivity contribution in [3.63, 3.8) is 0 Å². The molecule has 0 spiro atoms. The van der Waals surface area contributed by atoms with Crippen LogP contribution in [0.3, 0.4) is 0 Å². The van der Waals surface area contributed by atoms with Crippen molar-refractivity contribution in [3.8, 4) is 0 Å². The number of allylic oxidation sites excluding steroid dienone is 1. The molecule has 7 aromatic carbocycles. The number of thioether (sulfide) groups is 1. The first-order valence-corrected chi connectivity index (χ1v) is 16.9. The maximum Gasteiger partial charge on any atom is 0.103 e. The van der Waals surface area contributed by atoms with E-state index in [1.54, 1.807) is 0 Å². The quantitative estimate of drug-likeness (QED) is 0.209. The highest BCUT2D eigenvalue weighted by molar-refractivity contribution is 8.00. The second kappa shape index (κ2) is 11.3. The largest absolute Gasteiger partial charge is 0.368 e. The summed E-state index contributed by atoms with van der Waals surface area (Å²) in [6, 6.07) is 55.0. The smallest absolute Gasteiger partial charge is 0.103 e. The van der Waals surface area contributed by atoms with Crippen LogP contribution in [-0.4, -0.2) is 0 Å². The van der Waals surface area contributed by atoms with E-state index in [-0.39, 0.29) is 5.37 Å². The number of rotatable bonds is 5. The van der Waals surface area contributed by atoms with Crippen LogP contribution in [0.15, 0.2) is 157 Å². The zero-order valence-electron chi connectivity index (χ0n) is 25.4. The van der Waals surface area contributed by atoms with E-state index in [4.69, 9.17) is 0 Å². The van der Waals surface area contributed by atoms with E-state index in [1.165, 1.54) is 60.0 Å². The Morgan fingerprint density at radius 3 is 2.07 bits per heavy atom. The van der Waals surface area contributed by atoms with Crippen LogP contribution >= 0.6 is 11.8 Å². The third kappa shape index (κ3) is 4.76. The summed E-state index contributed by atoms with van der Waals surface area (Å²) in [5.41, 5.74) is 11.6. The first kappa shape index (κ1) is 27.1. The van der Waals surface area contributed by atoms with Gasteiger partial charge in [-0.3, -0.25) is 0 Å². The maximum atomic E-state index is 3.88. The van der Waals surface area contributed by atoms with E-state index in [2.05, 4.69) is 168 Å². The molecule has 0 saturated carbocycles. The van der Waals surface area contributed by atoms with Crippen molar-refractivity contribution in [2.75, 3.05) is 10.2 Å². The van der Waals surface area contributed by atoms with Gasteiger partial charge in [0.15, 0.2) is 0 Å². The second-order valence-electron chi connectivity index (χ2n) is 12.1. The number of para-hydroxylation sites is 1. The lowest BCUT2D eigenvalue weighted by Crippen LogP contribution is -2.10. The molecule has 0 amide bonds. The Bertz CT molecular complexity index is 2260. The third-order valence-corrected chi connectivity index (χ3v) is 10.6. The predicted octanol–water partition coefficient (Wildman–Crippen LogP) is 12.2. The van der Waals surface area contributed by atoms with Gasteiger partial charge in [-0.25, -0.2) is 0 Å². The van der Waals surface area contributed by atoms with E-state index in [0.717, 1.165) is 29.9 Å². The molecule has 2 aliphatic rings. The summed E-state index contributed by atoms with van der Waals surface area (Å²) >= 11 is 1.92. The molecule has 1 aliphatic heterocycles. The Kier molecular flexibility index (Phi) is 6.64. The van der Waals surface area contributed by atoms with Gasteiger partial charge in [0.1, 0.15) is 5.37 Å². The van der Waals surface area contributed by atoms with Gasteiger partial charge in [0.2, 0.25) is 0 Å². The van der Waals surface area contributed by atoms with E-state index >= 15 is 0 Å². The third-order valence-electron chi connectivity index (χ3n) is 9.39. The van der Waals surface area contributed by atoms with Crippen LogP contribution < -0.4 is 10.2 Å². The van der Waals surface area contributed by atoms with Crippen molar-refractivity contribution in [1.82, 2.24) is 0 Å². The zero-order chi connectivity index (χ0) is 30.5. The average molecular weight is 609 g/mol. The molecule has 46 heavy (non-hydrogen) atoms. The van der Waals surface area contributed by atoms with Gasteiger partial charge in [0, 0.05) is 27.3 Å². The minimum absolute atomic E-state index is 0.246. The molecule has 220 valence electrons. The zero-order valence-corrected chi connectivity index (χ0v) is 26.2. The van der Waals surface area contributed by atoms with Crippen LogP contribution in [0, 0.1) is 0 Å². The average Bonchev–Trinajstić information content (AvgIpc) is 3.57. The number of nitrogens with zero attached hydrogens (tertiary/aromatic N) is 1. The highest BCUT2D eigenvalue weighted by atomic mass is 32.2. The Hall–Kier alpha value is -5.25. The number of fused-ring (bicyclic) bond motifs is 6. The standard InChI is InChI=1S/C43H32N2S/c1-3-10-32(11-4-1)43-44-42-40(46-43)26-21-31-15-16-35-27-34(20-25-39(35)41(31)42)30-17-22-37(23-18-30)45(36-13-5-2-6-14-36)38-24-19-29-9-7-8-12-33(29)28-38/h1-19,21-24,26-28,43-44H,20,25H2. The highest BCUT2D eigenvalue weighted by Crippen LogP contribution is 2.51. The van der Waals surface area contributed by atoms with Gasteiger partial charge >= 0.3 is 0 Å². The summed E-state index contributed by atoms with van der Waals surface area (Å²) < 4.78 is 0. The second-order valence-corrected chi connectivity index (χ2v) is 13.3. The summed E-state index contributed by atoms with van der Waals surface area (Å²) in [4.78, 5) is 3.69. The van der Waals surface area contributed by atoms with E-state index in [1.807, 2.05) is 11.8 Å². The Balaban J connectivity index is 1.06. The van der Waals surface area contributed by atoms with Crippen LogP contribution in [0.25, 0.3) is 33.2 Å². The normalized spacial score (nSPS) is 15.2. The number of nitrogens with one attached hydrogen (secondary N) is 1. The summed E-state index contributed by atoms with van der Waals surface area (Å²) in [5.74, 6) is 0. The van der Waals surface area contributed by atoms with Crippen LogP contribution in [-0.2, 0) is 6.42 Å². The molecular formula is C43H32N2S. The summed E-state index contributed by atoms with van der Waals surface area (Å²) in [6.45, 7) is 0. The fourth-order valence-corrected chi connectivity index (χ4v) is 8.26. The minimum Gasteiger partial charge on any atom is -0.368 e.